The number of carbonyl (C=O) groups is 1. The summed E-state index contributed by atoms with van der Waals surface area (Å²) in [5.74, 6) is -0.202. The molecule has 0 fully saturated rings. The van der Waals surface area contributed by atoms with Crippen molar-refractivity contribution < 1.29 is 9.32 Å². The van der Waals surface area contributed by atoms with Gasteiger partial charge in [0.2, 0.25) is 5.91 Å². The van der Waals surface area contributed by atoms with Gasteiger partial charge >= 0.3 is 0 Å². The molecule has 4 aromatic rings. The van der Waals surface area contributed by atoms with Gasteiger partial charge < -0.3 is 9.42 Å². The number of para-hydroxylation sites is 1. The Balaban J connectivity index is 1.73. The minimum atomic E-state index is -0.202. The molecule has 0 aliphatic heterocycles. The Labute approximate surface area is 172 Å². The highest BCUT2D eigenvalue weighted by molar-refractivity contribution is 6.31. The van der Waals surface area contributed by atoms with Gasteiger partial charge in [-0.2, -0.15) is 5.26 Å². The maximum atomic E-state index is 13.3. The van der Waals surface area contributed by atoms with Crippen LogP contribution in [0.5, 0.6) is 0 Å². The van der Waals surface area contributed by atoms with E-state index >= 15 is 0 Å². The Morgan fingerprint density at radius 3 is 2.62 bits per heavy atom. The second kappa shape index (κ2) is 8.17. The molecule has 0 spiro atoms. The van der Waals surface area contributed by atoms with Crippen LogP contribution >= 0.6 is 11.6 Å². The number of hydrogen-bond donors (Lipinski definition) is 0. The van der Waals surface area contributed by atoms with Crippen molar-refractivity contribution in [1.82, 2.24) is 5.16 Å². The van der Waals surface area contributed by atoms with Gasteiger partial charge in [0.1, 0.15) is 11.8 Å². The van der Waals surface area contributed by atoms with Crippen LogP contribution in [0.2, 0.25) is 5.02 Å². The highest BCUT2D eigenvalue weighted by Crippen LogP contribution is 2.28. The van der Waals surface area contributed by atoms with Crippen LogP contribution in [0, 0.1) is 11.3 Å². The normalized spacial score (nSPS) is 10.6. The Hall–Kier alpha value is -3.62. The van der Waals surface area contributed by atoms with E-state index in [0.29, 0.717) is 34.1 Å². The molecule has 1 heterocycles. The summed E-state index contributed by atoms with van der Waals surface area (Å²) in [6.07, 6.45) is 0.0429. The number of hydrogen-bond acceptors (Lipinski definition) is 4. The molecule has 0 atom stereocenters. The number of nitrogens with zero attached hydrogens (tertiary/aromatic N) is 3. The molecule has 0 saturated heterocycles. The summed E-state index contributed by atoms with van der Waals surface area (Å²) in [5.41, 5.74) is 2.98. The van der Waals surface area contributed by atoms with Crippen molar-refractivity contribution in [2.45, 2.75) is 13.0 Å². The number of rotatable bonds is 5. The molecule has 4 rings (SSSR count). The van der Waals surface area contributed by atoms with E-state index in [0.717, 1.165) is 10.9 Å². The van der Waals surface area contributed by atoms with Crippen LogP contribution < -0.4 is 4.90 Å². The molecule has 6 heteroatoms. The van der Waals surface area contributed by atoms with E-state index in [1.807, 2.05) is 54.6 Å². The van der Waals surface area contributed by atoms with E-state index < -0.39 is 0 Å². The molecular weight excluding hydrogens is 386 g/mol. The molecular formula is C23H16ClN3O2. The van der Waals surface area contributed by atoms with Crippen molar-refractivity contribution in [3.63, 3.8) is 0 Å². The summed E-state index contributed by atoms with van der Waals surface area (Å²) in [7, 11) is 0. The Bertz CT molecular complexity index is 1210. The van der Waals surface area contributed by atoms with Crippen molar-refractivity contribution in [1.29, 1.82) is 5.26 Å². The molecule has 5 nitrogen and oxygen atoms in total. The topological polar surface area (TPSA) is 70.1 Å². The summed E-state index contributed by atoms with van der Waals surface area (Å²) in [4.78, 5) is 14.9. The average molecular weight is 402 g/mol. The van der Waals surface area contributed by atoms with Crippen molar-refractivity contribution >= 4 is 34.2 Å². The molecule has 0 aliphatic carbocycles. The number of anilines is 1. The van der Waals surface area contributed by atoms with Crippen molar-refractivity contribution in [3.8, 4) is 6.07 Å². The summed E-state index contributed by atoms with van der Waals surface area (Å²) in [6, 6.07) is 24.1. The highest BCUT2D eigenvalue weighted by Gasteiger charge is 2.22. The smallest absolute Gasteiger partial charge is 0.233 e. The van der Waals surface area contributed by atoms with Gasteiger partial charge in [0, 0.05) is 10.4 Å². The Morgan fingerprint density at radius 2 is 1.83 bits per heavy atom. The Morgan fingerprint density at radius 1 is 1.07 bits per heavy atom. The first-order valence-electron chi connectivity index (χ1n) is 9.03. The number of benzene rings is 3. The van der Waals surface area contributed by atoms with Crippen LogP contribution in [0.1, 0.15) is 16.8 Å². The van der Waals surface area contributed by atoms with Crippen LogP contribution in [0.15, 0.2) is 77.3 Å². The van der Waals surface area contributed by atoms with Gasteiger partial charge in [-0.25, -0.2) is 0 Å². The standard InChI is InChI=1S/C23H16ClN3O2/c24-18-11-10-17(14-25)21(12-18)27(15-16-6-2-1-3-7-16)23(28)13-20-19-8-4-5-9-22(19)29-26-20/h1-12H,13,15H2. The molecule has 0 bridgehead atoms. The van der Waals surface area contributed by atoms with Gasteiger partial charge in [0.15, 0.2) is 5.58 Å². The number of aromatic nitrogens is 1. The van der Waals surface area contributed by atoms with Crippen molar-refractivity contribution in [3.05, 3.63) is 94.6 Å². The fourth-order valence-corrected chi connectivity index (χ4v) is 3.37. The lowest BCUT2D eigenvalue weighted by Crippen LogP contribution is -2.32. The molecule has 1 amide bonds. The zero-order valence-corrected chi connectivity index (χ0v) is 16.1. The van der Waals surface area contributed by atoms with Gasteiger partial charge in [-0.05, 0) is 35.9 Å². The number of carbonyl (C=O) groups excluding carboxylic acids is 1. The van der Waals surface area contributed by atoms with Crippen molar-refractivity contribution in [2.24, 2.45) is 0 Å². The largest absolute Gasteiger partial charge is 0.356 e. The summed E-state index contributed by atoms with van der Waals surface area (Å²) >= 11 is 6.17. The maximum Gasteiger partial charge on any atom is 0.233 e. The molecule has 0 N–H and O–H groups in total. The van der Waals surface area contributed by atoms with E-state index in [2.05, 4.69) is 11.2 Å². The molecule has 0 unspecified atom stereocenters. The van der Waals surface area contributed by atoms with Crippen LogP contribution in [0.4, 0.5) is 5.69 Å². The van der Waals surface area contributed by atoms with E-state index in [-0.39, 0.29) is 12.3 Å². The fraction of sp³-hybridized carbons (Fsp3) is 0.0870. The lowest BCUT2D eigenvalue weighted by atomic mass is 10.1. The van der Waals surface area contributed by atoms with Gasteiger partial charge in [-0.3, -0.25) is 4.79 Å². The maximum absolute atomic E-state index is 13.3. The fourth-order valence-electron chi connectivity index (χ4n) is 3.20. The van der Waals surface area contributed by atoms with Crippen molar-refractivity contribution in [2.75, 3.05) is 4.90 Å². The first-order valence-corrected chi connectivity index (χ1v) is 9.41. The van der Waals surface area contributed by atoms with Crippen LogP contribution in [-0.2, 0) is 17.8 Å². The zero-order chi connectivity index (χ0) is 20.2. The first-order chi connectivity index (χ1) is 14.2. The summed E-state index contributed by atoms with van der Waals surface area (Å²) in [6.45, 7) is 0.310. The molecule has 29 heavy (non-hydrogen) atoms. The van der Waals surface area contributed by atoms with E-state index in [1.54, 1.807) is 23.1 Å². The molecule has 0 saturated carbocycles. The van der Waals surface area contributed by atoms with Crippen LogP contribution in [-0.4, -0.2) is 11.1 Å². The average Bonchev–Trinajstić information content (AvgIpc) is 3.15. The molecule has 0 radical (unpaired) electrons. The number of fused-ring (bicyclic) bond motifs is 1. The predicted molar refractivity (Wildman–Crippen MR) is 112 cm³/mol. The Kier molecular flexibility index (Phi) is 5.28. The SMILES string of the molecule is N#Cc1ccc(Cl)cc1N(Cc1ccccc1)C(=O)Cc1noc2ccccc12. The molecule has 142 valence electrons. The van der Waals surface area contributed by atoms with Crippen LogP contribution in [0.3, 0.4) is 0 Å². The summed E-state index contributed by atoms with van der Waals surface area (Å²) in [5, 5.41) is 14.9. The first kappa shape index (κ1) is 18.7. The van der Waals surface area contributed by atoms with Gasteiger partial charge in [0.05, 0.1) is 24.2 Å². The number of amides is 1. The third kappa shape index (κ3) is 3.98. The quantitative estimate of drug-likeness (QED) is 0.465. The van der Waals surface area contributed by atoms with Gasteiger partial charge in [0.25, 0.3) is 0 Å². The molecule has 1 aromatic heterocycles. The lowest BCUT2D eigenvalue weighted by molar-refractivity contribution is -0.118. The minimum Gasteiger partial charge on any atom is -0.356 e. The highest BCUT2D eigenvalue weighted by atomic mass is 35.5. The molecule has 3 aromatic carbocycles. The van der Waals surface area contributed by atoms with E-state index in [9.17, 15) is 10.1 Å². The van der Waals surface area contributed by atoms with E-state index in [1.165, 1.54) is 0 Å². The van der Waals surface area contributed by atoms with Gasteiger partial charge in [-0.15, -0.1) is 0 Å². The number of halogens is 1. The second-order valence-electron chi connectivity index (χ2n) is 6.54. The van der Waals surface area contributed by atoms with Gasteiger partial charge in [-0.1, -0.05) is 59.2 Å². The van der Waals surface area contributed by atoms with Crippen LogP contribution in [0.25, 0.3) is 11.0 Å². The minimum absolute atomic E-state index is 0.0429. The predicted octanol–water partition coefficient (Wildman–Crippen LogP) is 5.13. The second-order valence-corrected chi connectivity index (χ2v) is 6.98. The lowest BCUT2D eigenvalue weighted by Gasteiger charge is -2.24. The van der Waals surface area contributed by atoms with E-state index in [4.69, 9.17) is 16.1 Å². The third-order valence-corrected chi connectivity index (χ3v) is 4.86. The third-order valence-electron chi connectivity index (χ3n) is 4.63. The monoisotopic (exact) mass is 401 g/mol. The zero-order valence-electron chi connectivity index (χ0n) is 15.4. The number of nitriles is 1. The summed E-state index contributed by atoms with van der Waals surface area (Å²) < 4.78 is 5.32. The molecule has 0 aliphatic rings.